The summed E-state index contributed by atoms with van der Waals surface area (Å²) in [4.78, 5) is 23.6. The molecule has 3 amide bonds. The highest BCUT2D eigenvalue weighted by atomic mass is 35.5. The van der Waals surface area contributed by atoms with Gasteiger partial charge in [0.05, 0.1) is 0 Å². The van der Waals surface area contributed by atoms with Crippen LogP contribution in [0.5, 0.6) is 5.75 Å². The number of carbonyl (C=O) groups is 2. The van der Waals surface area contributed by atoms with Gasteiger partial charge in [-0.05, 0) is 42.2 Å². The second kappa shape index (κ2) is 9.68. The number of hydrazine groups is 1. The number of urea groups is 1. The highest BCUT2D eigenvalue weighted by molar-refractivity contribution is 6.30. The van der Waals surface area contributed by atoms with E-state index < -0.39 is 11.9 Å². The zero-order valence-corrected chi connectivity index (χ0v) is 15.5. The van der Waals surface area contributed by atoms with Crippen molar-refractivity contribution >= 4 is 29.2 Å². The lowest BCUT2D eigenvalue weighted by Crippen LogP contribution is -2.45. The van der Waals surface area contributed by atoms with E-state index in [0.29, 0.717) is 22.4 Å². The van der Waals surface area contributed by atoms with Crippen LogP contribution in [0.4, 0.5) is 10.5 Å². The number of amides is 3. The molecule has 0 aliphatic rings. The minimum absolute atomic E-state index is 0.203. The summed E-state index contributed by atoms with van der Waals surface area (Å²) < 4.78 is 5.59. The number of para-hydroxylation sites is 1. The zero-order valence-electron chi connectivity index (χ0n) is 14.7. The number of hydrogen-bond donors (Lipinski definition) is 3. The van der Waals surface area contributed by atoms with Gasteiger partial charge in [-0.3, -0.25) is 10.2 Å². The lowest BCUT2D eigenvalue weighted by atomic mass is 9.98. The number of hydrogen-bond acceptors (Lipinski definition) is 3. The minimum Gasteiger partial charge on any atom is -0.483 e. The van der Waals surface area contributed by atoms with Gasteiger partial charge < -0.3 is 10.1 Å². The first kappa shape index (κ1) is 19.6. The predicted octanol–water partition coefficient (Wildman–Crippen LogP) is 4.09. The second-order valence-corrected chi connectivity index (χ2v) is 6.21. The van der Waals surface area contributed by atoms with Crippen molar-refractivity contribution in [2.75, 3.05) is 11.9 Å². The minimum atomic E-state index is -0.583. The van der Waals surface area contributed by atoms with Crippen LogP contribution in [0, 0.1) is 0 Å². The highest BCUT2D eigenvalue weighted by Crippen LogP contribution is 2.28. The van der Waals surface area contributed by atoms with E-state index in [0.717, 1.165) is 12.0 Å². The van der Waals surface area contributed by atoms with Gasteiger partial charge in [0.25, 0.3) is 5.91 Å². The maximum Gasteiger partial charge on any atom is 0.337 e. The molecule has 0 unspecified atom stereocenters. The third-order valence-corrected chi connectivity index (χ3v) is 4.05. The fourth-order valence-corrected chi connectivity index (χ4v) is 2.46. The summed E-state index contributed by atoms with van der Waals surface area (Å²) in [6.07, 6.45) is 0.970. The molecule has 0 saturated carbocycles. The molecule has 0 heterocycles. The van der Waals surface area contributed by atoms with Gasteiger partial charge in [-0.25, -0.2) is 10.2 Å². The first-order valence-electron chi connectivity index (χ1n) is 8.32. The van der Waals surface area contributed by atoms with Crippen molar-refractivity contribution < 1.29 is 14.3 Å². The van der Waals surface area contributed by atoms with Crippen LogP contribution in [0.2, 0.25) is 5.02 Å². The van der Waals surface area contributed by atoms with Gasteiger partial charge in [0.2, 0.25) is 0 Å². The number of benzene rings is 2. The van der Waals surface area contributed by atoms with E-state index in [1.807, 2.05) is 24.3 Å². The van der Waals surface area contributed by atoms with Crippen LogP contribution >= 0.6 is 11.6 Å². The summed E-state index contributed by atoms with van der Waals surface area (Å²) in [5, 5.41) is 3.05. The van der Waals surface area contributed by atoms with E-state index >= 15 is 0 Å². The van der Waals surface area contributed by atoms with Crippen molar-refractivity contribution in [2.45, 2.75) is 26.2 Å². The molecule has 0 fully saturated rings. The molecule has 2 aromatic rings. The van der Waals surface area contributed by atoms with E-state index in [9.17, 15) is 9.59 Å². The molecule has 7 heteroatoms. The Hall–Kier alpha value is -2.73. The number of nitrogens with one attached hydrogen (secondary N) is 3. The molecule has 0 aliphatic carbocycles. The topological polar surface area (TPSA) is 79.5 Å². The van der Waals surface area contributed by atoms with E-state index in [-0.39, 0.29) is 6.61 Å². The van der Waals surface area contributed by atoms with Crippen LogP contribution in [-0.2, 0) is 4.79 Å². The van der Waals surface area contributed by atoms with Crippen molar-refractivity contribution in [3.8, 4) is 5.75 Å². The molecule has 2 aromatic carbocycles. The maximum atomic E-state index is 11.9. The molecule has 0 radical (unpaired) electrons. The lowest BCUT2D eigenvalue weighted by Gasteiger charge is -2.15. The third-order valence-electron chi connectivity index (χ3n) is 3.82. The van der Waals surface area contributed by atoms with E-state index in [1.54, 1.807) is 24.3 Å². The highest BCUT2D eigenvalue weighted by Gasteiger charge is 2.11. The summed E-state index contributed by atoms with van der Waals surface area (Å²) in [6.45, 7) is 3.99. The van der Waals surface area contributed by atoms with Crippen LogP contribution in [-0.4, -0.2) is 18.5 Å². The predicted molar refractivity (Wildman–Crippen MR) is 102 cm³/mol. The molecule has 138 valence electrons. The fraction of sp³-hybridized carbons (Fsp3) is 0.263. The SMILES string of the molecule is CC[C@@H](C)c1ccccc1OCC(=O)NNC(=O)Nc1cccc(Cl)c1. The Morgan fingerprint density at radius 3 is 2.62 bits per heavy atom. The summed E-state index contributed by atoms with van der Waals surface area (Å²) >= 11 is 5.84. The van der Waals surface area contributed by atoms with E-state index in [2.05, 4.69) is 30.0 Å². The quantitative estimate of drug-likeness (QED) is 0.665. The molecule has 0 spiro atoms. The Bertz CT molecular complexity index is 767. The smallest absolute Gasteiger partial charge is 0.337 e. The Morgan fingerprint density at radius 2 is 1.88 bits per heavy atom. The van der Waals surface area contributed by atoms with E-state index in [4.69, 9.17) is 16.3 Å². The zero-order chi connectivity index (χ0) is 18.9. The number of anilines is 1. The van der Waals surface area contributed by atoms with Crippen LogP contribution < -0.4 is 20.9 Å². The van der Waals surface area contributed by atoms with Crippen LogP contribution in [0.25, 0.3) is 0 Å². The van der Waals surface area contributed by atoms with Gasteiger partial charge in [-0.1, -0.05) is 49.7 Å². The van der Waals surface area contributed by atoms with E-state index in [1.165, 1.54) is 0 Å². The number of carbonyl (C=O) groups excluding carboxylic acids is 2. The molecule has 3 N–H and O–H groups in total. The average molecular weight is 376 g/mol. The third kappa shape index (κ3) is 5.97. The molecular weight excluding hydrogens is 354 g/mol. The van der Waals surface area contributed by atoms with Gasteiger partial charge >= 0.3 is 6.03 Å². The summed E-state index contributed by atoms with van der Waals surface area (Å²) in [7, 11) is 0. The molecule has 0 saturated heterocycles. The van der Waals surface area contributed by atoms with Crippen LogP contribution in [0.3, 0.4) is 0 Å². The summed E-state index contributed by atoms with van der Waals surface area (Å²) in [5.74, 6) is 0.529. The van der Waals surface area contributed by atoms with Crippen LogP contribution in [0.1, 0.15) is 31.7 Å². The maximum absolute atomic E-state index is 11.9. The standard InChI is InChI=1S/C19H22ClN3O3/c1-3-13(2)16-9-4-5-10-17(16)26-12-18(24)22-23-19(25)21-15-8-6-7-14(20)11-15/h4-11,13H,3,12H2,1-2H3,(H,22,24)(H2,21,23,25)/t13-/m1/s1. The molecule has 0 aromatic heterocycles. The lowest BCUT2D eigenvalue weighted by molar-refractivity contribution is -0.123. The van der Waals surface area contributed by atoms with Crippen LogP contribution in [0.15, 0.2) is 48.5 Å². The average Bonchev–Trinajstić information content (AvgIpc) is 2.64. The van der Waals surface area contributed by atoms with Crippen molar-refractivity contribution in [2.24, 2.45) is 0 Å². The number of ether oxygens (including phenoxy) is 1. The summed E-state index contributed by atoms with van der Waals surface area (Å²) in [5.41, 5.74) is 6.12. The first-order valence-corrected chi connectivity index (χ1v) is 8.70. The van der Waals surface area contributed by atoms with Crippen molar-refractivity contribution in [1.29, 1.82) is 0 Å². The molecule has 26 heavy (non-hydrogen) atoms. The molecule has 0 bridgehead atoms. The van der Waals surface area contributed by atoms with Crippen molar-refractivity contribution in [3.05, 3.63) is 59.1 Å². The monoisotopic (exact) mass is 375 g/mol. The Morgan fingerprint density at radius 1 is 1.12 bits per heavy atom. The first-order chi connectivity index (χ1) is 12.5. The van der Waals surface area contributed by atoms with Gasteiger partial charge in [0.1, 0.15) is 5.75 Å². The number of halogens is 1. The van der Waals surface area contributed by atoms with Gasteiger partial charge in [0, 0.05) is 10.7 Å². The molecular formula is C19H22ClN3O3. The van der Waals surface area contributed by atoms with Crippen molar-refractivity contribution in [3.63, 3.8) is 0 Å². The van der Waals surface area contributed by atoms with Gasteiger partial charge in [-0.15, -0.1) is 0 Å². The molecule has 1 atom stereocenters. The Kier molecular flexibility index (Phi) is 7.29. The van der Waals surface area contributed by atoms with Crippen molar-refractivity contribution in [1.82, 2.24) is 10.9 Å². The second-order valence-electron chi connectivity index (χ2n) is 5.77. The largest absolute Gasteiger partial charge is 0.483 e. The Balaban J connectivity index is 1.80. The van der Waals surface area contributed by atoms with Gasteiger partial charge in [-0.2, -0.15) is 0 Å². The fourth-order valence-electron chi connectivity index (χ4n) is 2.27. The summed E-state index contributed by atoms with van der Waals surface area (Å²) in [6, 6.07) is 13.7. The molecule has 2 rings (SSSR count). The Labute approximate surface area is 157 Å². The molecule has 0 aliphatic heterocycles. The normalized spacial score (nSPS) is 11.3. The molecule has 6 nitrogen and oxygen atoms in total. The van der Waals surface area contributed by atoms with Gasteiger partial charge in [0.15, 0.2) is 6.61 Å². The number of rotatable bonds is 6.